The van der Waals surface area contributed by atoms with Gasteiger partial charge in [0.05, 0.1) is 9.82 Å². The van der Waals surface area contributed by atoms with Gasteiger partial charge in [0.15, 0.2) is 0 Å². The normalized spacial score (nSPS) is 20.0. The van der Waals surface area contributed by atoms with E-state index in [4.69, 9.17) is 0 Å². The van der Waals surface area contributed by atoms with Gasteiger partial charge in [-0.1, -0.05) is 6.92 Å². The zero-order chi connectivity index (χ0) is 19.4. The molecule has 8 nitrogen and oxygen atoms in total. The maximum Gasteiger partial charge on any atom is 0.293 e. The first kappa shape index (κ1) is 20.0. The summed E-state index contributed by atoms with van der Waals surface area (Å²) >= 11 is 0. The van der Waals surface area contributed by atoms with Crippen molar-refractivity contribution < 1.29 is 13.3 Å². The molecule has 0 saturated carbocycles. The highest BCUT2D eigenvalue weighted by molar-refractivity contribution is 7.89. The number of anilines is 1. The number of benzene rings is 1. The molecule has 3 rings (SSSR count). The third kappa shape index (κ3) is 4.59. The van der Waals surface area contributed by atoms with Gasteiger partial charge >= 0.3 is 0 Å². The van der Waals surface area contributed by atoms with E-state index in [1.165, 1.54) is 16.4 Å². The number of nitrogens with zero attached hydrogens (tertiary/aromatic N) is 3. The van der Waals surface area contributed by atoms with Gasteiger partial charge in [-0.3, -0.25) is 10.1 Å². The Morgan fingerprint density at radius 3 is 2.44 bits per heavy atom. The molecule has 2 fully saturated rings. The fourth-order valence-corrected chi connectivity index (χ4v) is 5.40. The molecule has 2 aliphatic heterocycles. The summed E-state index contributed by atoms with van der Waals surface area (Å²) in [6.07, 6.45) is 4.63. The molecular weight excluding hydrogens is 368 g/mol. The van der Waals surface area contributed by atoms with E-state index in [0.717, 1.165) is 51.7 Å². The molecule has 0 spiro atoms. The van der Waals surface area contributed by atoms with E-state index in [1.54, 1.807) is 6.07 Å². The van der Waals surface area contributed by atoms with Crippen molar-refractivity contribution in [2.24, 2.45) is 0 Å². The minimum atomic E-state index is -3.66. The number of piperidine rings is 1. The Bertz CT molecular complexity index is 770. The second-order valence-corrected chi connectivity index (χ2v) is 9.25. The summed E-state index contributed by atoms with van der Waals surface area (Å²) in [6.45, 7) is 6.14. The molecule has 0 bridgehead atoms. The van der Waals surface area contributed by atoms with Crippen LogP contribution in [0, 0.1) is 10.1 Å². The average Bonchev–Trinajstić information content (AvgIpc) is 3.19. The van der Waals surface area contributed by atoms with Gasteiger partial charge in [-0.15, -0.1) is 0 Å². The number of nitro groups is 1. The van der Waals surface area contributed by atoms with Crippen LogP contribution in [0.25, 0.3) is 0 Å². The highest BCUT2D eigenvalue weighted by atomic mass is 32.2. The Balaban J connectivity index is 1.76. The van der Waals surface area contributed by atoms with E-state index in [1.807, 2.05) is 0 Å². The summed E-state index contributed by atoms with van der Waals surface area (Å²) in [5, 5.41) is 14.8. The van der Waals surface area contributed by atoms with Crippen molar-refractivity contribution in [1.29, 1.82) is 0 Å². The zero-order valence-corrected chi connectivity index (χ0v) is 16.6. The molecule has 0 amide bonds. The van der Waals surface area contributed by atoms with Crippen LogP contribution in [-0.2, 0) is 10.0 Å². The predicted molar refractivity (Wildman–Crippen MR) is 104 cm³/mol. The minimum absolute atomic E-state index is 0.000542. The molecule has 2 saturated heterocycles. The molecule has 27 heavy (non-hydrogen) atoms. The van der Waals surface area contributed by atoms with Gasteiger partial charge in [0.1, 0.15) is 5.69 Å². The topological polar surface area (TPSA) is 95.8 Å². The lowest BCUT2D eigenvalue weighted by Crippen LogP contribution is -2.39. The number of nitrogens with one attached hydrogen (secondary N) is 1. The third-order valence-corrected chi connectivity index (χ3v) is 7.25. The number of hydrogen-bond acceptors (Lipinski definition) is 6. The Kier molecular flexibility index (Phi) is 6.33. The second-order valence-electron chi connectivity index (χ2n) is 7.31. The van der Waals surface area contributed by atoms with Gasteiger partial charge in [0.25, 0.3) is 5.69 Å². The molecule has 9 heteroatoms. The van der Waals surface area contributed by atoms with Gasteiger partial charge in [-0.25, -0.2) is 8.42 Å². The first-order valence-corrected chi connectivity index (χ1v) is 11.1. The number of hydrogen-bond donors (Lipinski definition) is 1. The fraction of sp³-hybridized carbons (Fsp3) is 0.667. The van der Waals surface area contributed by atoms with Crippen LogP contribution in [0.4, 0.5) is 11.4 Å². The van der Waals surface area contributed by atoms with Gasteiger partial charge in [0.2, 0.25) is 10.0 Å². The average molecular weight is 397 g/mol. The number of rotatable bonds is 7. The van der Waals surface area contributed by atoms with Crippen molar-refractivity contribution in [3.05, 3.63) is 28.3 Å². The van der Waals surface area contributed by atoms with Crippen LogP contribution < -0.4 is 5.32 Å². The lowest BCUT2D eigenvalue weighted by Gasteiger charge is -2.32. The summed E-state index contributed by atoms with van der Waals surface area (Å²) in [5.41, 5.74) is 0.223. The Morgan fingerprint density at radius 1 is 1.19 bits per heavy atom. The largest absolute Gasteiger partial charge is 0.377 e. The maximum absolute atomic E-state index is 12.7. The molecular formula is C18H28N4O4S. The van der Waals surface area contributed by atoms with Crippen LogP contribution >= 0.6 is 0 Å². The lowest BCUT2D eigenvalue weighted by molar-refractivity contribution is -0.384. The smallest absolute Gasteiger partial charge is 0.293 e. The van der Waals surface area contributed by atoms with Crippen molar-refractivity contribution >= 4 is 21.4 Å². The van der Waals surface area contributed by atoms with E-state index in [9.17, 15) is 18.5 Å². The van der Waals surface area contributed by atoms with Gasteiger partial charge in [0, 0.05) is 38.3 Å². The van der Waals surface area contributed by atoms with Crippen molar-refractivity contribution in [1.82, 2.24) is 9.21 Å². The molecule has 0 aromatic heterocycles. The molecule has 0 radical (unpaired) electrons. The second kappa shape index (κ2) is 8.53. The summed E-state index contributed by atoms with van der Waals surface area (Å²) < 4.78 is 26.8. The summed E-state index contributed by atoms with van der Waals surface area (Å²) in [4.78, 5) is 13.4. The molecule has 1 N–H and O–H groups in total. The highest BCUT2D eigenvalue weighted by Gasteiger charge is 2.30. The van der Waals surface area contributed by atoms with Crippen LogP contribution in [0.5, 0.6) is 0 Å². The first-order chi connectivity index (χ1) is 12.9. The van der Waals surface area contributed by atoms with E-state index in [0.29, 0.717) is 18.8 Å². The van der Waals surface area contributed by atoms with Gasteiger partial charge in [-0.2, -0.15) is 4.31 Å². The molecule has 0 unspecified atom stereocenters. The molecule has 150 valence electrons. The molecule has 2 aliphatic rings. The maximum atomic E-state index is 12.7. The number of nitro benzene ring substituents is 1. The molecule has 1 aromatic rings. The standard InChI is InChI=1S/C18H28N4O4S/c1-2-9-20-12-7-15(8-13-20)19-17-6-5-16(14-18(17)22(23)24)27(25,26)21-10-3-4-11-21/h5-6,14-15,19H,2-4,7-13H2,1H3. The number of sulfonamides is 1. The van der Waals surface area contributed by atoms with Crippen LogP contribution in [0.2, 0.25) is 0 Å². The van der Waals surface area contributed by atoms with Crippen LogP contribution in [0.3, 0.4) is 0 Å². The lowest BCUT2D eigenvalue weighted by atomic mass is 10.0. The van der Waals surface area contributed by atoms with Crippen molar-refractivity contribution in [3.8, 4) is 0 Å². The van der Waals surface area contributed by atoms with Crippen molar-refractivity contribution in [2.45, 2.75) is 50.0 Å². The molecule has 2 heterocycles. The van der Waals surface area contributed by atoms with E-state index in [-0.39, 0.29) is 16.6 Å². The first-order valence-electron chi connectivity index (χ1n) is 9.69. The van der Waals surface area contributed by atoms with Gasteiger partial charge in [-0.05, 0) is 50.8 Å². The van der Waals surface area contributed by atoms with Crippen molar-refractivity contribution in [3.63, 3.8) is 0 Å². The van der Waals surface area contributed by atoms with Gasteiger partial charge < -0.3 is 10.2 Å². The van der Waals surface area contributed by atoms with Crippen LogP contribution in [-0.4, -0.2) is 61.3 Å². The summed E-state index contributed by atoms with van der Waals surface area (Å²) in [5.74, 6) is 0. The monoisotopic (exact) mass is 396 g/mol. The Hall–Kier alpha value is -1.71. The van der Waals surface area contributed by atoms with E-state index < -0.39 is 14.9 Å². The highest BCUT2D eigenvalue weighted by Crippen LogP contribution is 2.31. The van der Waals surface area contributed by atoms with E-state index in [2.05, 4.69) is 17.1 Å². The third-order valence-electron chi connectivity index (χ3n) is 5.36. The Morgan fingerprint density at radius 2 is 1.85 bits per heavy atom. The predicted octanol–water partition coefficient (Wildman–Crippen LogP) is 2.67. The quantitative estimate of drug-likeness (QED) is 0.562. The summed E-state index contributed by atoms with van der Waals surface area (Å²) in [7, 11) is -3.66. The molecule has 1 aromatic carbocycles. The Labute approximate surface area is 160 Å². The zero-order valence-electron chi connectivity index (χ0n) is 15.8. The van der Waals surface area contributed by atoms with Crippen molar-refractivity contribution in [2.75, 3.05) is 38.0 Å². The van der Waals surface area contributed by atoms with Crippen LogP contribution in [0.15, 0.2) is 23.1 Å². The molecule has 0 atom stereocenters. The molecule has 0 aliphatic carbocycles. The number of likely N-dealkylation sites (tertiary alicyclic amines) is 1. The van der Waals surface area contributed by atoms with E-state index >= 15 is 0 Å². The SMILES string of the molecule is CCCN1CCC(Nc2ccc(S(=O)(=O)N3CCCC3)cc2[N+](=O)[O-])CC1. The minimum Gasteiger partial charge on any atom is -0.377 e. The summed E-state index contributed by atoms with van der Waals surface area (Å²) in [6, 6.07) is 4.38. The fourth-order valence-electron chi connectivity index (χ4n) is 3.86. The van der Waals surface area contributed by atoms with Crippen LogP contribution in [0.1, 0.15) is 39.0 Å².